The van der Waals surface area contributed by atoms with E-state index in [0.29, 0.717) is 24.8 Å². The maximum absolute atomic E-state index is 9.97. The van der Waals surface area contributed by atoms with Crippen molar-refractivity contribution in [2.75, 3.05) is 13.2 Å². The zero-order valence-electron chi connectivity index (χ0n) is 15.0. The van der Waals surface area contributed by atoms with E-state index in [1.807, 2.05) is 58.2 Å². The zero-order valence-corrected chi connectivity index (χ0v) is 15.0. The average Bonchev–Trinajstić information content (AvgIpc) is 2.93. The van der Waals surface area contributed by atoms with Crippen LogP contribution in [0.15, 0.2) is 33.7 Å². The van der Waals surface area contributed by atoms with Gasteiger partial charge in [0.25, 0.3) is 0 Å². The van der Waals surface area contributed by atoms with Crippen LogP contribution in [0.1, 0.15) is 33.5 Å². The van der Waals surface area contributed by atoms with E-state index in [9.17, 15) is 5.11 Å². The number of aliphatic hydroxyl groups excluding tert-OH is 1. The van der Waals surface area contributed by atoms with Crippen molar-refractivity contribution in [1.82, 2.24) is 5.32 Å². The lowest BCUT2D eigenvalue weighted by atomic mass is 10.2. The molecule has 0 spiro atoms. The SMILES string of the molecule is CC(C)N=CCc1cc2cccc(OCC(O)CNC(C)C)c2o1. The molecule has 0 amide bonds. The molecule has 0 saturated carbocycles. The van der Waals surface area contributed by atoms with Gasteiger partial charge >= 0.3 is 0 Å². The largest absolute Gasteiger partial charge is 0.487 e. The molecule has 0 aliphatic carbocycles. The lowest BCUT2D eigenvalue weighted by Crippen LogP contribution is -2.35. The number of nitrogens with one attached hydrogen (secondary N) is 1. The number of hydrogen-bond acceptors (Lipinski definition) is 5. The minimum atomic E-state index is -0.560. The topological polar surface area (TPSA) is 67.0 Å². The monoisotopic (exact) mass is 332 g/mol. The van der Waals surface area contributed by atoms with Gasteiger partial charge in [0.1, 0.15) is 18.5 Å². The van der Waals surface area contributed by atoms with Crippen LogP contribution in [-0.4, -0.2) is 42.7 Å². The molecule has 0 saturated heterocycles. The lowest BCUT2D eigenvalue weighted by Gasteiger charge is -2.15. The Balaban J connectivity index is 2.01. The minimum absolute atomic E-state index is 0.226. The van der Waals surface area contributed by atoms with E-state index in [-0.39, 0.29) is 12.6 Å². The first kappa shape index (κ1) is 18.5. The first-order chi connectivity index (χ1) is 11.5. The van der Waals surface area contributed by atoms with Crippen LogP contribution in [0.5, 0.6) is 5.75 Å². The van der Waals surface area contributed by atoms with Crippen LogP contribution in [0, 0.1) is 0 Å². The number of para-hydroxylation sites is 1. The molecule has 5 heteroatoms. The third kappa shape index (κ3) is 5.65. The minimum Gasteiger partial charge on any atom is -0.487 e. The normalized spacial score (nSPS) is 13.5. The van der Waals surface area contributed by atoms with Crippen LogP contribution in [0.3, 0.4) is 0 Å². The summed E-state index contributed by atoms with van der Waals surface area (Å²) in [6.07, 6.45) is 1.98. The number of aliphatic hydroxyl groups is 1. The summed E-state index contributed by atoms with van der Waals surface area (Å²) in [5.41, 5.74) is 0.717. The van der Waals surface area contributed by atoms with Gasteiger partial charge in [-0.15, -0.1) is 0 Å². The lowest BCUT2D eigenvalue weighted by molar-refractivity contribution is 0.105. The molecule has 0 aliphatic rings. The number of benzene rings is 1. The van der Waals surface area contributed by atoms with Gasteiger partial charge in [-0.1, -0.05) is 26.0 Å². The summed E-state index contributed by atoms with van der Waals surface area (Å²) in [6.45, 7) is 8.90. The van der Waals surface area contributed by atoms with Crippen molar-refractivity contribution >= 4 is 17.2 Å². The molecule has 0 aliphatic heterocycles. The number of furan rings is 1. The fourth-order valence-corrected chi connectivity index (χ4v) is 2.27. The maximum atomic E-state index is 9.97. The highest BCUT2D eigenvalue weighted by Gasteiger charge is 2.11. The van der Waals surface area contributed by atoms with Crippen molar-refractivity contribution in [2.24, 2.45) is 4.99 Å². The highest BCUT2D eigenvalue weighted by Crippen LogP contribution is 2.29. The summed E-state index contributed by atoms with van der Waals surface area (Å²) in [4.78, 5) is 4.35. The summed E-state index contributed by atoms with van der Waals surface area (Å²) in [6, 6.07) is 8.41. The molecule has 0 fully saturated rings. The quantitative estimate of drug-likeness (QED) is 0.692. The van der Waals surface area contributed by atoms with E-state index in [2.05, 4.69) is 10.3 Å². The van der Waals surface area contributed by atoms with Gasteiger partial charge in [0.05, 0.1) is 0 Å². The fourth-order valence-electron chi connectivity index (χ4n) is 2.27. The van der Waals surface area contributed by atoms with Crippen molar-refractivity contribution in [3.8, 4) is 5.75 Å². The summed E-state index contributed by atoms with van der Waals surface area (Å²) in [7, 11) is 0. The highest BCUT2D eigenvalue weighted by atomic mass is 16.5. The Bertz CT molecular complexity index is 662. The molecule has 5 nitrogen and oxygen atoms in total. The van der Waals surface area contributed by atoms with Crippen LogP contribution in [0.25, 0.3) is 11.0 Å². The molecule has 0 radical (unpaired) electrons. The Labute approximate surface area is 143 Å². The molecule has 132 valence electrons. The molecule has 1 aromatic carbocycles. The molecule has 1 unspecified atom stereocenters. The smallest absolute Gasteiger partial charge is 0.176 e. The summed E-state index contributed by atoms with van der Waals surface area (Å²) in [5.74, 6) is 1.51. The third-order valence-corrected chi connectivity index (χ3v) is 3.45. The van der Waals surface area contributed by atoms with Crippen molar-refractivity contribution in [3.05, 3.63) is 30.0 Å². The van der Waals surface area contributed by atoms with Gasteiger partial charge in [0, 0.05) is 36.7 Å². The van der Waals surface area contributed by atoms with Crippen LogP contribution in [-0.2, 0) is 6.42 Å². The van der Waals surface area contributed by atoms with Crippen LogP contribution in [0.4, 0.5) is 0 Å². The molecule has 2 aromatic rings. The second kappa shape index (κ2) is 8.85. The fraction of sp³-hybridized carbons (Fsp3) is 0.526. The molecule has 2 rings (SSSR count). The predicted octanol–water partition coefficient (Wildman–Crippen LogP) is 3.19. The molecular formula is C19H28N2O3. The van der Waals surface area contributed by atoms with Crippen molar-refractivity contribution in [1.29, 1.82) is 0 Å². The van der Waals surface area contributed by atoms with E-state index >= 15 is 0 Å². The van der Waals surface area contributed by atoms with Gasteiger partial charge in [-0.3, -0.25) is 4.99 Å². The number of rotatable bonds is 9. The van der Waals surface area contributed by atoms with E-state index < -0.39 is 6.10 Å². The van der Waals surface area contributed by atoms with Crippen molar-refractivity contribution < 1.29 is 14.3 Å². The molecule has 24 heavy (non-hydrogen) atoms. The summed E-state index contributed by atoms with van der Waals surface area (Å²) < 4.78 is 11.6. The first-order valence-corrected chi connectivity index (χ1v) is 8.53. The van der Waals surface area contributed by atoms with Crippen LogP contribution in [0.2, 0.25) is 0 Å². The molecular weight excluding hydrogens is 304 g/mol. The molecule has 1 heterocycles. The second-order valence-corrected chi connectivity index (χ2v) is 6.54. The summed E-state index contributed by atoms with van der Waals surface area (Å²) in [5, 5.41) is 14.2. The van der Waals surface area contributed by atoms with Gasteiger partial charge in [0.15, 0.2) is 11.3 Å². The molecule has 2 N–H and O–H groups in total. The van der Waals surface area contributed by atoms with Gasteiger partial charge in [-0.2, -0.15) is 0 Å². The predicted molar refractivity (Wildman–Crippen MR) is 98.2 cm³/mol. The Hall–Kier alpha value is -1.85. The van der Waals surface area contributed by atoms with Crippen molar-refractivity contribution in [3.63, 3.8) is 0 Å². The highest BCUT2D eigenvalue weighted by molar-refractivity contribution is 5.84. The van der Waals surface area contributed by atoms with Gasteiger partial charge in [-0.25, -0.2) is 0 Å². The van der Waals surface area contributed by atoms with E-state index in [1.165, 1.54) is 0 Å². The molecule has 1 aromatic heterocycles. The third-order valence-electron chi connectivity index (χ3n) is 3.45. The standard InChI is InChI=1S/C19H28N2O3/c1-13(2)20-9-8-17-10-15-6-5-7-18(19(15)24-17)23-12-16(22)11-21-14(3)4/h5-7,9-10,13-14,16,21-22H,8,11-12H2,1-4H3. The number of fused-ring (bicyclic) bond motifs is 1. The molecule has 0 bridgehead atoms. The second-order valence-electron chi connectivity index (χ2n) is 6.54. The number of ether oxygens (including phenoxy) is 1. The van der Waals surface area contributed by atoms with E-state index in [1.54, 1.807) is 0 Å². The van der Waals surface area contributed by atoms with Gasteiger partial charge in [-0.05, 0) is 26.0 Å². The van der Waals surface area contributed by atoms with Crippen LogP contribution >= 0.6 is 0 Å². The zero-order chi connectivity index (χ0) is 17.5. The number of hydrogen-bond donors (Lipinski definition) is 2. The van der Waals surface area contributed by atoms with E-state index in [4.69, 9.17) is 9.15 Å². The average molecular weight is 332 g/mol. The van der Waals surface area contributed by atoms with Gasteiger partial charge < -0.3 is 19.6 Å². The molecule has 1 atom stereocenters. The number of aliphatic imine (C=N–C) groups is 1. The Morgan fingerprint density at radius 1 is 1.29 bits per heavy atom. The number of nitrogens with zero attached hydrogens (tertiary/aromatic N) is 1. The Morgan fingerprint density at radius 3 is 2.79 bits per heavy atom. The van der Waals surface area contributed by atoms with Crippen molar-refractivity contribution in [2.45, 2.75) is 52.3 Å². The summed E-state index contributed by atoms with van der Waals surface area (Å²) >= 11 is 0. The first-order valence-electron chi connectivity index (χ1n) is 8.53. The Morgan fingerprint density at radius 2 is 2.08 bits per heavy atom. The Kier molecular flexibility index (Phi) is 6.82. The van der Waals surface area contributed by atoms with E-state index in [0.717, 1.165) is 16.7 Å². The van der Waals surface area contributed by atoms with Gasteiger partial charge in [0.2, 0.25) is 0 Å². The maximum Gasteiger partial charge on any atom is 0.176 e. The van der Waals surface area contributed by atoms with Crippen LogP contribution < -0.4 is 10.1 Å².